The number of carbonyl (C=O) groups excluding carboxylic acids is 2. The molecule has 186 valence electrons. The van der Waals surface area contributed by atoms with Crippen molar-refractivity contribution < 1.29 is 18.0 Å². The van der Waals surface area contributed by atoms with Crippen LogP contribution in [0.5, 0.6) is 0 Å². The van der Waals surface area contributed by atoms with Crippen LogP contribution in [0.15, 0.2) is 65.6 Å². The van der Waals surface area contributed by atoms with E-state index in [1.807, 2.05) is 0 Å². The van der Waals surface area contributed by atoms with Gasteiger partial charge in [0.2, 0.25) is 5.91 Å². The number of carbonyl (C=O) groups is 2. The molecule has 0 saturated heterocycles. The number of ketones is 1. The van der Waals surface area contributed by atoms with Crippen molar-refractivity contribution in [3.8, 4) is 0 Å². The maximum atomic E-state index is 13.1. The maximum Gasteiger partial charge on any atom is 0.261 e. The van der Waals surface area contributed by atoms with Gasteiger partial charge in [0.1, 0.15) is 6.04 Å². The van der Waals surface area contributed by atoms with Crippen LogP contribution in [0.3, 0.4) is 0 Å². The summed E-state index contributed by atoms with van der Waals surface area (Å²) in [5, 5.41) is 6.78. The van der Waals surface area contributed by atoms with Crippen molar-refractivity contribution in [2.24, 2.45) is 0 Å². The number of Topliss-reactive ketones (excluding diaryl/α,β-unsaturated/α-hetero) is 1. The van der Waals surface area contributed by atoms with Gasteiger partial charge >= 0.3 is 0 Å². The largest absolute Gasteiger partial charge is 0.375 e. The fourth-order valence-electron chi connectivity index (χ4n) is 3.44. The molecule has 0 fully saturated rings. The summed E-state index contributed by atoms with van der Waals surface area (Å²) in [5.74, 6) is -0.915. The van der Waals surface area contributed by atoms with Gasteiger partial charge in [0.15, 0.2) is 5.78 Å². The monoisotopic (exact) mass is 583 g/mol. The number of anilines is 2. The third kappa shape index (κ3) is 5.96. The van der Waals surface area contributed by atoms with E-state index in [9.17, 15) is 18.0 Å². The normalized spacial score (nSPS) is 14.8. The summed E-state index contributed by atoms with van der Waals surface area (Å²) in [6.45, 7) is -0.147. The number of sulfonamides is 1. The lowest BCUT2D eigenvalue weighted by Crippen LogP contribution is -2.43. The first-order valence-electron chi connectivity index (χ1n) is 10.4. The van der Waals surface area contributed by atoms with Crippen LogP contribution >= 0.6 is 46.4 Å². The second kappa shape index (κ2) is 10.7. The molecule has 7 nitrogen and oxygen atoms in total. The smallest absolute Gasteiger partial charge is 0.261 e. The Hall–Kier alpha value is -2.75. The quantitative estimate of drug-likeness (QED) is 0.320. The number of halogens is 4. The Balaban J connectivity index is 1.47. The molecule has 36 heavy (non-hydrogen) atoms. The molecule has 4 rings (SSSR count). The minimum atomic E-state index is -4.07. The van der Waals surface area contributed by atoms with Crippen LogP contribution in [0.2, 0.25) is 20.1 Å². The average Bonchev–Trinajstić information content (AvgIpc) is 2.82. The molecular weight excluding hydrogens is 568 g/mol. The van der Waals surface area contributed by atoms with Crippen molar-refractivity contribution >= 4 is 85.6 Å². The summed E-state index contributed by atoms with van der Waals surface area (Å²) in [4.78, 5) is 25.4. The third-order valence-corrected chi connectivity index (χ3v) is 7.67. The van der Waals surface area contributed by atoms with E-state index in [0.717, 1.165) is 0 Å². The number of nitrogens with one attached hydrogen (secondary N) is 3. The van der Waals surface area contributed by atoms with E-state index in [2.05, 4.69) is 15.4 Å². The number of amides is 1. The molecule has 12 heteroatoms. The zero-order valence-electron chi connectivity index (χ0n) is 18.2. The Bertz CT molecular complexity index is 1510. The van der Waals surface area contributed by atoms with Gasteiger partial charge in [-0.15, -0.1) is 0 Å². The highest BCUT2D eigenvalue weighted by molar-refractivity contribution is 7.92. The van der Waals surface area contributed by atoms with Crippen molar-refractivity contribution in [1.29, 1.82) is 0 Å². The highest BCUT2D eigenvalue weighted by atomic mass is 35.5. The second-order valence-corrected chi connectivity index (χ2v) is 11.1. The van der Waals surface area contributed by atoms with Crippen LogP contribution in [0.25, 0.3) is 6.08 Å². The molecule has 0 aliphatic heterocycles. The minimum absolute atomic E-state index is 0.124. The van der Waals surface area contributed by atoms with Crippen LogP contribution in [0.1, 0.15) is 15.9 Å². The second-order valence-electron chi connectivity index (χ2n) is 7.72. The van der Waals surface area contributed by atoms with Gasteiger partial charge in [0.25, 0.3) is 10.0 Å². The van der Waals surface area contributed by atoms with Gasteiger partial charge in [-0.05, 0) is 54.1 Å². The molecule has 0 spiro atoms. The summed E-state index contributed by atoms with van der Waals surface area (Å²) >= 11 is 23.9. The van der Waals surface area contributed by atoms with Gasteiger partial charge in [0.05, 0.1) is 32.9 Å². The van der Waals surface area contributed by atoms with E-state index < -0.39 is 27.8 Å². The van der Waals surface area contributed by atoms with E-state index in [1.54, 1.807) is 18.2 Å². The predicted octanol–water partition coefficient (Wildman–Crippen LogP) is 5.91. The van der Waals surface area contributed by atoms with Crippen molar-refractivity contribution in [3.05, 3.63) is 91.9 Å². The molecule has 3 N–H and O–H groups in total. The molecular formula is C24H17Cl4N3O4S. The van der Waals surface area contributed by atoms with E-state index in [-0.39, 0.29) is 27.7 Å². The van der Waals surface area contributed by atoms with E-state index >= 15 is 0 Å². The lowest BCUT2D eigenvalue weighted by atomic mass is 9.93. The molecule has 3 aromatic carbocycles. The average molecular weight is 585 g/mol. The standard InChI is InChI=1S/C24H17Cl4N3O4S/c25-14-3-7-20(18(27)9-14)29-12-23(32)30-22-6-2-13-1-5-16(11-17(13)24(22)33)36(34,35)31-21-8-4-15(26)10-19(21)28/h1-11,22,29,31H,12H2,(H,30,32)/t22-/m0/s1. The molecule has 1 amide bonds. The summed E-state index contributed by atoms with van der Waals surface area (Å²) in [5.41, 5.74) is 1.33. The van der Waals surface area contributed by atoms with Crippen LogP contribution in [0.4, 0.5) is 11.4 Å². The Morgan fingerprint density at radius 2 is 1.50 bits per heavy atom. The molecule has 0 unspecified atom stereocenters. The Morgan fingerprint density at radius 1 is 0.861 bits per heavy atom. The summed E-state index contributed by atoms with van der Waals surface area (Å²) in [7, 11) is -4.07. The number of rotatable bonds is 7. The van der Waals surface area contributed by atoms with Crippen LogP contribution < -0.4 is 15.4 Å². The zero-order valence-corrected chi connectivity index (χ0v) is 22.0. The first kappa shape index (κ1) is 26.3. The molecule has 0 radical (unpaired) electrons. The first-order chi connectivity index (χ1) is 17.0. The number of hydrogen-bond donors (Lipinski definition) is 3. The van der Waals surface area contributed by atoms with E-state index in [0.29, 0.717) is 26.3 Å². The minimum Gasteiger partial charge on any atom is -0.375 e. The lowest BCUT2D eigenvalue weighted by molar-refractivity contribution is -0.119. The van der Waals surface area contributed by atoms with Gasteiger partial charge < -0.3 is 10.6 Å². The van der Waals surface area contributed by atoms with E-state index in [4.69, 9.17) is 46.4 Å². The topological polar surface area (TPSA) is 104 Å². The van der Waals surface area contributed by atoms with Gasteiger partial charge in [-0.2, -0.15) is 0 Å². The fraction of sp³-hybridized carbons (Fsp3) is 0.0833. The lowest BCUT2D eigenvalue weighted by Gasteiger charge is -2.20. The van der Waals surface area contributed by atoms with Crippen molar-refractivity contribution in [2.75, 3.05) is 16.6 Å². The maximum absolute atomic E-state index is 13.1. The van der Waals surface area contributed by atoms with Gasteiger partial charge in [0, 0.05) is 15.6 Å². The number of hydrogen-bond acceptors (Lipinski definition) is 5. The fourth-order valence-corrected chi connectivity index (χ4v) is 5.53. The highest BCUT2D eigenvalue weighted by Crippen LogP contribution is 2.29. The van der Waals surface area contributed by atoms with Gasteiger partial charge in [-0.1, -0.05) is 64.6 Å². The van der Waals surface area contributed by atoms with Crippen LogP contribution in [-0.2, 0) is 14.8 Å². The SMILES string of the molecule is O=C(CNc1ccc(Cl)cc1Cl)N[C@H]1C=Cc2ccc(S(=O)(=O)Nc3ccc(Cl)cc3Cl)cc2C1=O. The highest BCUT2D eigenvalue weighted by Gasteiger charge is 2.27. The first-order valence-corrected chi connectivity index (χ1v) is 13.4. The molecule has 3 aromatic rings. The molecule has 1 aliphatic carbocycles. The van der Waals surface area contributed by atoms with Crippen molar-refractivity contribution in [3.63, 3.8) is 0 Å². The number of benzene rings is 3. The molecule has 0 heterocycles. The zero-order chi connectivity index (χ0) is 26.0. The van der Waals surface area contributed by atoms with Crippen LogP contribution in [-0.4, -0.2) is 32.7 Å². The van der Waals surface area contributed by atoms with Gasteiger partial charge in [-0.3, -0.25) is 14.3 Å². The summed E-state index contributed by atoms with van der Waals surface area (Å²) in [6, 6.07) is 12.3. The molecule has 0 bridgehead atoms. The Labute approximate surface area is 227 Å². The van der Waals surface area contributed by atoms with Crippen molar-refractivity contribution in [2.45, 2.75) is 10.9 Å². The molecule has 0 aromatic heterocycles. The third-order valence-electron chi connectivity index (χ3n) is 5.21. The van der Waals surface area contributed by atoms with Crippen molar-refractivity contribution in [1.82, 2.24) is 5.32 Å². The van der Waals surface area contributed by atoms with E-state index in [1.165, 1.54) is 48.5 Å². The molecule has 0 saturated carbocycles. The molecule has 1 aliphatic rings. The Morgan fingerprint density at radius 3 is 2.14 bits per heavy atom. The van der Waals surface area contributed by atoms with Crippen LogP contribution in [0, 0.1) is 0 Å². The van der Waals surface area contributed by atoms with Gasteiger partial charge in [-0.25, -0.2) is 8.42 Å². The summed E-state index contributed by atoms with van der Waals surface area (Å²) < 4.78 is 28.3. The number of fused-ring (bicyclic) bond motifs is 1. The predicted molar refractivity (Wildman–Crippen MR) is 144 cm³/mol. The summed E-state index contributed by atoms with van der Waals surface area (Å²) in [6.07, 6.45) is 3.18. The molecule has 1 atom stereocenters. The Kier molecular flexibility index (Phi) is 7.82.